The van der Waals surface area contributed by atoms with Crippen molar-refractivity contribution in [2.24, 2.45) is 0 Å². The van der Waals surface area contributed by atoms with Crippen LogP contribution in [0.5, 0.6) is 5.75 Å². The van der Waals surface area contributed by atoms with Gasteiger partial charge in [-0.25, -0.2) is 4.98 Å². The van der Waals surface area contributed by atoms with E-state index in [1.807, 2.05) is 6.92 Å². The summed E-state index contributed by atoms with van der Waals surface area (Å²) in [4.78, 5) is 17.7. The van der Waals surface area contributed by atoms with Gasteiger partial charge in [0.1, 0.15) is 5.82 Å². The molecular formula is C11H11N3O3. The number of para-hydroxylation sites is 1. The Morgan fingerprint density at radius 1 is 1.47 bits per heavy atom. The average Bonchev–Trinajstić information content (AvgIpc) is 2.74. The number of aryl methyl sites for hydroxylation is 1. The number of hydrogen-bond acceptors (Lipinski definition) is 4. The standard InChI is InChI=1S/C11H11N3O3/c1-7-6-12-11(13-7)8-4-3-5-9(17-2)10(8)14(15)16/h3-6H,1-2H3,(H,12,13). The number of hydrogen-bond donors (Lipinski definition) is 1. The van der Waals surface area contributed by atoms with Crippen LogP contribution in [0.2, 0.25) is 0 Å². The van der Waals surface area contributed by atoms with Gasteiger partial charge in [-0.1, -0.05) is 6.07 Å². The molecule has 17 heavy (non-hydrogen) atoms. The van der Waals surface area contributed by atoms with Crippen molar-refractivity contribution in [3.63, 3.8) is 0 Å². The molecule has 0 radical (unpaired) electrons. The van der Waals surface area contributed by atoms with Crippen LogP contribution in [0.1, 0.15) is 5.69 Å². The molecule has 1 heterocycles. The number of H-pyrrole nitrogens is 1. The van der Waals surface area contributed by atoms with E-state index < -0.39 is 4.92 Å². The highest BCUT2D eigenvalue weighted by Crippen LogP contribution is 2.35. The Labute approximate surface area is 97.4 Å². The number of aromatic nitrogens is 2. The topological polar surface area (TPSA) is 81.0 Å². The molecule has 0 saturated heterocycles. The maximum Gasteiger partial charge on any atom is 0.321 e. The second-order valence-corrected chi connectivity index (χ2v) is 3.53. The zero-order chi connectivity index (χ0) is 12.4. The van der Waals surface area contributed by atoms with E-state index in [2.05, 4.69) is 9.97 Å². The van der Waals surface area contributed by atoms with Gasteiger partial charge in [0.2, 0.25) is 0 Å². The summed E-state index contributed by atoms with van der Waals surface area (Å²) in [5.41, 5.74) is 1.18. The van der Waals surface area contributed by atoms with Crippen molar-refractivity contribution in [2.75, 3.05) is 7.11 Å². The molecule has 1 N–H and O–H groups in total. The van der Waals surface area contributed by atoms with Gasteiger partial charge in [-0.3, -0.25) is 10.1 Å². The van der Waals surface area contributed by atoms with Crippen LogP contribution >= 0.6 is 0 Å². The number of nitrogens with zero attached hydrogens (tertiary/aromatic N) is 2. The lowest BCUT2D eigenvalue weighted by atomic mass is 10.1. The maximum absolute atomic E-state index is 11.1. The van der Waals surface area contributed by atoms with Crippen LogP contribution in [0, 0.1) is 17.0 Å². The second-order valence-electron chi connectivity index (χ2n) is 3.53. The molecule has 0 aliphatic heterocycles. The van der Waals surface area contributed by atoms with Gasteiger partial charge in [0.15, 0.2) is 5.75 Å². The predicted molar refractivity (Wildman–Crippen MR) is 62.0 cm³/mol. The number of nitro benzene ring substituents is 1. The van der Waals surface area contributed by atoms with E-state index in [1.54, 1.807) is 24.4 Å². The van der Waals surface area contributed by atoms with Gasteiger partial charge in [-0.2, -0.15) is 0 Å². The van der Waals surface area contributed by atoms with E-state index in [4.69, 9.17) is 4.74 Å². The molecule has 0 fully saturated rings. The summed E-state index contributed by atoms with van der Waals surface area (Å²) < 4.78 is 4.99. The Hall–Kier alpha value is -2.37. The van der Waals surface area contributed by atoms with E-state index in [-0.39, 0.29) is 11.4 Å². The van der Waals surface area contributed by atoms with E-state index >= 15 is 0 Å². The molecule has 1 aromatic heterocycles. The second kappa shape index (κ2) is 4.25. The van der Waals surface area contributed by atoms with Gasteiger partial charge >= 0.3 is 5.69 Å². The normalized spacial score (nSPS) is 10.2. The molecule has 0 aliphatic rings. The van der Waals surface area contributed by atoms with Crippen molar-refractivity contribution in [3.05, 3.63) is 40.2 Å². The summed E-state index contributed by atoms with van der Waals surface area (Å²) in [5, 5.41) is 11.1. The summed E-state index contributed by atoms with van der Waals surface area (Å²) >= 11 is 0. The minimum atomic E-state index is -0.466. The third-order valence-corrected chi connectivity index (χ3v) is 2.36. The SMILES string of the molecule is COc1cccc(-c2ncc(C)[nH]2)c1[N+](=O)[O-]. The predicted octanol–water partition coefficient (Wildman–Crippen LogP) is 2.30. The molecule has 6 heteroatoms. The van der Waals surface area contributed by atoms with Crippen molar-refractivity contribution in [3.8, 4) is 17.1 Å². The minimum Gasteiger partial charge on any atom is -0.490 e. The molecule has 88 valence electrons. The number of methoxy groups -OCH3 is 1. The monoisotopic (exact) mass is 233 g/mol. The van der Waals surface area contributed by atoms with Crippen LogP contribution in [0.3, 0.4) is 0 Å². The number of imidazole rings is 1. The molecule has 1 aromatic carbocycles. The number of nitrogens with one attached hydrogen (secondary N) is 1. The minimum absolute atomic E-state index is 0.0793. The first-order chi connectivity index (χ1) is 8.13. The first kappa shape index (κ1) is 11.1. The molecule has 0 aliphatic carbocycles. The molecule has 2 rings (SSSR count). The zero-order valence-electron chi connectivity index (χ0n) is 9.43. The number of rotatable bonds is 3. The number of aromatic amines is 1. The largest absolute Gasteiger partial charge is 0.490 e. The molecule has 2 aromatic rings. The van der Waals surface area contributed by atoms with Crippen LogP contribution in [0.15, 0.2) is 24.4 Å². The van der Waals surface area contributed by atoms with Crippen LogP contribution < -0.4 is 4.74 Å². The molecule has 0 spiro atoms. The fourth-order valence-electron chi connectivity index (χ4n) is 1.62. The molecular weight excluding hydrogens is 222 g/mol. The highest BCUT2D eigenvalue weighted by molar-refractivity contribution is 5.73. The molecule has 0 saturated carbocycles. The van der Waals surface area contributed by atoms with Gasteiger partial charge in [0.25, 0.3) is 0 Å². The molecule has 6 nitrogen and oxygen atoms in total. The Morgan fingerprint density at radius 2 is 2.24 bits per heavy atom. The van der Waals surface area contributed by atoms with Gasteiger partial charge < -0.3 is 9.72 Å². The van der Waals surface area contributed by atoms with Crippen molar-refractivity contribution < 1.29 is 9.66 Å². The highest BCUT2D eigenvalue weighted by Gasteiger charge is 2.22. The Morgan fingerprint density at radius 3 is 2.76 bits per heavy atom. The molecule has 0 amide bonds. The van der Waals surface area contributed by atoms with Crippen molar-refractivity contribution >= 4 is 5.69 Å². The highest BCUT2D eigenvalue weighted by atomic mass is 16.6. The summed E-state index contributed by atoms with van der Waals surface area (Å²) in [5.74, 6) is 0.689. The van der Waals surface area contributed by atoms with Crippen LogP contribution in [-0.2, 0) is 0 Å². The van der Waals surface area contributed by atoms with E-state index in [0.29, 0.717) is 11.4 Å². The number of ether oxygens (including phenoxy) is 1. The summed E-state index contributed by atoms with van der Waals surface area (Å²) in [6.45, 7) is 1.84. The Bertz CT molecular complexity index is 563. The maximum atomic E-state index is 11.1. The van der Waals surface area contributed by atoms with E-state index in [0.717, 1.165) is 5.69 Å². The van der Waals surface area contributed by atoms with Gasteiger partial charge in [0, 0.05) is 11.9 Å². The summed E-state index contributed by atoms with van der Waals surface area (Å²) in [6, 6.07) is 4.88. The van der Waals surface area contributed by atoms with Gasteiger partial charge in [-0.15, -0.1) is 0 Å². The van der Waals surface area contributed by atoms with Crippen molar-refractivity contribution in [2.45, 2.75) is 6.92 Å². The summed E-state index contributed by atoms with van der Waals surface area (Å²) in [7, 11) is 1.40. The number of nitro groups is 1. The van der Waals surface area contributed by atoms with Gasteiger partial charge in [0.05, 0.1) is 17.6 Å². The first-order valence-electron chi connectivity index (χ1n) is 4.97. The van der Waals surface area contributed by atoms with Crippen LogP contribution in [0.4, 0.5) is 5.69 Å². The molecule has 0 bridgehead atoms. The molecule has 0 atom stereocenters. The van der Waals surface area contributed by atoms with Gasteiger partial charge in [-0.05, 0) is 19.1 Å². The number of benzene rings is 1. The van der Waals surface area contributed by atoms with E-state index in [1.165, 1.54) is 7.11 Å². The zero-order valence-corrected chi connectivity index (χ0v) is 9.43. The third-order valence-electron chi connectivity index (χ3n) is 2.36. The lowest BCUT2D eigenvalue weighted by Gasteiger charge is -2.04. The Balaban J connectivity index is 2.65. The fraction of sp³-hybridized carbons (Fsp3) is 0.182. The lowest BCUT2D eigenvalue weighted by Crippen LogP contribution is -1.97. The quantitative estimate of drug-likeness (QED) is 0.651. The Kier molecular flexibility index (Phi) is 2.78. The molecule has 0 unspecified atom stereocenters. The van der Waals surface area contributed by atoms with Crippen LogP contribution in [0.25, 0.3) is 11.4 Å². The third kappa shape index (κ3) is 1.96. The fourth-order valence-corrected chi connectivity index (χ4v) is 1.62. The first-order valence-corrected chi connectivity index (χ1v) is 4.97. The van der Waals surface area contributed by atoms with Crippen molar-refractivity contribution in [1.29, 1.82) is 0 Å². The van der Waals surface area contributed by atoms with Crippen LogP contribution in [-0.4, -0.2) is 22.0 Å². The average molecular weight is 233 g/mol. The van der Waals surface area contributed by atoms with Crippen molar-refractivity contribution in [1.82, 2.24) is 9.97 Å². The van der Waals surface area contributed by atoms with E-state index in [9.17, 15) is 10.1 Å². The smallest absolute Gasteiger partial charge is 0.321 e. The lowest BCUT2D eigenvalue weighted by molar-refractivity contribution is -0.385. The summed E-state index contributed by atoms with van der Waals surface area (Å²) in [6.07, 6.45) is 1.62.